The van der Waals surface area contributed by atoms with Gasteiger partial charge in [-0.25, -0.2) is 0 Å². The normalized spacial score (nSPS) is 27.6. The summed E-state index contributed by atoms with van der Waals surface area (Å²) in [6, 6.07) is 6.40. The van der Waals surface area contributed by atoms with Crippen LogP contribution in [0.4, 0.5) is 0 Å². The lowest BCUT2D eigenvalue weighted by molar-refractivity contribution is -0.139. The van der Waals surface area contributed by atoms with Crippen molar-refractivity contribution in [2.75, 3.05) is 7.05 Å². The van der Waals surface area contributed by atoms with E-state index in [-0.39, 0.29) is 11.9 Å². The molecule has 1 amide bonds. The van der Waals surface area contributed by atoms with E-state index >= 15 is 0 Å². The number of fused-ring (bicyclic) bond motifs is 2. The molecule has 23 heavy (non-hydrogen) atoms. The monoisotopic (exact) mass is 356 g/mol. The highest BCUT2D eigenvalue weighted by Gasteiger charge is 2.37. The van der Waals surface area contributed by atoms with Gasteiger partial charge in [-0.1, -0.05) is 23.2 Å². The Balaban J connectivity index is 1.62. The summed E-state index contributed by atoms with van der Waals surface area (Å²) in [6.45, 7) is 1.76. The minimum atomic E-state index is -0.578. The topological polar surface area (TPSA) is 41.6 Å². The van der Waals surface area contributed by atoms with Crippen molar-refractivity contribution in [1.82, 2.24) is 10.2 Å². The molecule has 3 unspecified atom stereocenters. The molecule has 6 heteroatoms. The van der Waals surface area contributed by atoms with Gasteiger partial charge < -0.3 is 15.0 Å². The summed E-state index contributed by atoms with van der Waals surface area (Å²) in [6.07, 6.45) is 3.90. The van der Waals surface area contributed by atoms with Crippen molar-refractivity contribution in [1.29, 1.82) is 0 Å². The number of hydrogen-bond acceptors (Lipinski definition) is 3. The predicted molar refractivity (Wildman–Crippen MR) is 92.3 cm³/mol. The van der Waals surface area contributed by atoms with Crippen LogP contribution in [0.15, 0.2) is 18.2 Å². The molecule has 2 fully saturated rings. The zero-order valence-corrected chi connectivity index (χ0v) is 14.9. The molecular formula is C17H22Cl2N2O2. The van der Waals surface area contributed by atoms with E-state index in [1.165, 1.54) is 12.8 Å². The van der Waals surface area contributed by atoms with Crippen LogP contribution in [-0.4, -0.2) is 42.1 Å². The summed E-state index contributed by atoms with van der Waals surface area (Å²) < 4.78 is 5.75. The van der Waals surface area contributed by atoms with Crippen LogP contribution in [0.2, 0.25) is 10.0 Å². The average Bonchev–Trinajstić information content (AvgIpc) is 2.86. The van der Waals surface area contributed by atoms with Crippen molar-refractivity contribution in [2.24, 2.45) is 0 Å². The van der Waals surface area contributed by atoms with E-state index in [0.717, 1.165) is 12.8 Å². The Morgan fingerprint density at radius 2 is 1.96 bits per heavy atom. The van der Waals surface area contributed by atoms with E-state index in [1.807, 2.05) is 11.9 Å². The highest BCUT2D eigenvalue weighted by molar-refractivity contribution is 6.35. The number of likely N-dealkylation sites (N-methyl/N-ethyl adjacent to an activating group) is 1. The Labute approximate surface area is 147 Å². The molecule has 0 saturated carbocycles. The van der Waals surface area contributed by atoms with Gasteiger partial charge in [-0.3, -0.25) is 4.79 Å². The first kappa shape index (κ1) is 16.9. The smallest absolute Gasteiger partial charge is 0.263 e. The highest BCUT2D eigenvalue weighted by Crippen LogP contribution is 2.31. The molecule has 2 saturated heterocycles. The van der Waals surface area contributed by atoms with Gasteiger partial charge in [0, 0.05) is 30.2 Å². The lowest BCUT2D eigenvalue weighted by Gasteiger charge is -2.36. The first-order chi connectivity index (χ1) is 10.9. The van der Waals surface area contributed by atoms with Crippen molar-refractivity contribution in [2.45, 2.75) is 56.8 Å². The van der Waals surface area contributed by atoms with E-state index < -0.39 is 6.10 Å². The summed E-state index contributed by atoms with van der Waals surface area (Å²) in [5.41, 5.74) is 0. The largest absolute Gasteiger partial charge is 0.479 e. The Morgan fingerprint density at radius 1 is 1.30 bits per heavy atom. The lowest BCUT2D eigenvalue weighted by Crippen LogP contribution is -2.51. The van der Waals surface area contributed by atoms with Gasteiger partial charge in [0.2, 0.25) is 0 Å². The van der Waals surface area contributed by atoms with E-state index in [0.29, 0.717) is 27.9 Å². The molecule has 3 rings (SSSR count). The van der Waals surface area contributed by atoms with Crippen molar-refractivity contribution >= 4 is 29.1 Å². The van der Waals surface area contributed by atoms with Crippen LogP contribution in [0.1, 0.15) is 32.6 Å². The second-order valence-corrected chi connectivity index (χ2v) is 7.39. The number of carbonyl (C=O) groups is 1. The van der Waals surface area contributed by atoms with Gasteiger partial charge in [0.25, 0.3) is 5.91 Å². The number of ether oxygens (including phenoxy) is 1. The molecule has 2 heterocycles. The number of nitrogens with one attached hydrogen (secondary N) is 1. The molecule has 1 N–H and O–H groups in total. The first-order valence-corrected chi connectivity index (χ1v) is 8.84. The van der Waals surface area contributed by atoms with Crippen LogP contribution >= 0.6 is 23.2 Å². The van der Waals surface area contributed by atoms with Crippen LogP contribution in [0.25, 0.3) is 0 Å². The van der Waals surface area contributed by atoms with E-state index in [2.05, 4.69) is 5.32 Å². The number of nitrogens with zero attached hydrogens (tertiary/aromatic N) is 1. The van der Waals surface area contributed by atoms with E-state index in [9.17, 15) is 4.79 Å². The number of halogens is 2. The molecule has 0 aliphatic carbocycles. The fourth-order valence-corrected chi connectivity index (χ4v) is 4.07. The average molecular weight is 357 g/mol. The molecule has 1 aromatic carbocycles. The third-order valence-corrected chi connectivity index (χ3v) is 5.42. The summed E-state index contributed by atoms with van der Waals surface area (Å²) in [5.74, 6) is 0.470. The Hall–Kier alpha value is -0.970. The minimum absolute atomic E-state index is 0.0117. The molecule has 0 radical (unpaired) electrons. The van der Waals surface area contributed by atoms with Gasteiger partial charge >= 0.3 is 0 Å². The molecule has 0 aromatic heterocycles. The van der Waals surface area contributed by atoms with Gasteiger partial charge in [0.15, 0.2) is 6.10 Å². The molecule has 0 spiro atoms. The third-order valence-electron chi connectivity index (χ3n) is 4.89. The SMILES string of the molecule is CC(Oc1ccc(Cl)cc1Cl)C(=O)N(C)C1CC2CCC(C1)N2. The van der Waals surface area contributed by atoms with Gasteiger partial charge in [-0.05, 0) is 50.8 Å². The fraction of sp³-hybridized carbons (Fsp3) is 0.588. The van der Waals surface area contributed by atoms with Gasteiger partial charge in [0.1, 0.15) is 5.75 Å². The summed E-state index contributed by atoms with van der Waals surface area (Å²) in [5, 5.41) is 4.56. The zero-order valence-electron chi connectivity index (χ0n) is 13.4. The number of benzene rings is 1. The fourth-order valence-electron chi connectivity index (χ4n) is 3.62. The van der Waals surface area contributed by atoms with E-state index in [4.69, 9.17) is 27.9 Å². The Kier molecular flexibility index (Phi) is 5.04. The molecule has 3 atom stereocenters. The van der Waals surface area contributed by atoms with Crippen molar-refractivity contribution < 1.29 is 9.53 Å². The molecule has 2 bridgehead atoms. The van der Waals surface area contributed by atoms with Gasteiger partial charge in [-0.15, -0.1) is 0 Å². The predicted octanol–water partition coefficient (Wildman–Crippen LogP) is 3.50. The van der Waals surface area contributed by atoms with Crippen molar-refractivity contribution in [3.8, 4) is 5.75 Å². The number of piperidine rings is 1. The van der Waals surface area contributed by atoms with Crippen LogP contribution in [-0.2, 0) is 4.79 Å². The molecule has 126 valence electrons. The van der Waals surface area contributed by atoms with E-state index in [1.54, 1.807) is 25.1 Å². The number of carbonyl (C=O) groups excluding carboxylic acids is 1. The van der Waals surface area contributed by atoms with Crippen molar-refractivity contribution in [3.63, 3.8) is 0 Å². The molecule has 2 aliphatic heterocycles. The second kappa shape index (κ2) is 6.88. The summed E-state index contributed by atoms with van der Waals surface area (Å²) in [7, 11) is 1.88. The highest BCUT2D eigenvalue weighted by atomic mass is 35.5. The van der Waals surface area contributed by atoms with Crippen LogP contribution < -0.4 is 10.1 Å². The quantitative estimate of drug-likeness (QED) is 0.897. The first-order valence-electron chi connectivity index (χ1n) is 8.08. The summed E-state index contributed by atoms with van der Waals surface area (Å²) in [4.78, 5) is 14.5. The number of amides is 1. The number of rotatable bonds is 4. The van der Waals surface area contributed by atoms with Gasteiger partial charge in [0.05, 0.1) is 5.02 Å². The van der Waals surface area contributed by atoms with Crippen LogP contribution in [0.3, 0.4) is 0 Å². The van der Waals surface area contributed by atoms with Crippen LogP contribution in [0, 0.1) is 0 Å². The zero-order chi connectivity index (χ0) is 16.6. The Bertz CT molecular complexity index is 584. The van der Waals surface area contributed by atoms with Gasteiger partial charge in [-0.2, -0.15) is 0 Å². The maximum absolute atomic E-state index is 12.7. The maximum atomic E-state index is 12.7. The molecule has 1 aromatic rings. The maximum Gasteiger partial charge on any atom is 0.263 e. The lowest BCUT2D eigenvalue weighted by atomic mass is 9.98. The molecule has 2 aliphatic rings. The molecular weight excluding hydrogens is 335 g/mol. The summed E-state index contributed by atoms with van der Waals surface area (Å²) >= 11 is 12.0. The number of hydrogen-bond donors (Lipinski definition) is 1. The third kappa shape index (κ3) is 3.76. The standard InChI is InChI=1S/C17H22Cl2N2O2/c1-10(23-16-6-3-11(18)7-15(16)19)17(22)21(2)14-8-12-4-5-13(9-14)20-12/h3,6-7,10,12-14,20H,4-5,8-9H2,1-2H3. The minimum Gasteiger partial charge on any atom is -0.479 e. The second-order valence-electron chi connectivity index (χ2n) is 6.55. The van der Waals surface area contributed by atoms with Crippen molar-refractivity contribution in [3.05, 3.63) is 28.2 Å². The molecule has 4 nitrogen and oxygen atoms in total. The Morgan fingerprint density at radius 3 is 2.57 bits per heavy atom. The van der Waals surface area contributed by atoms with Crippen LogP contribution in [0.5, 0.6) is 5.75 Å².